The minimum absolute atomic E-state index is 0.256. The van der Waals surface area contributed by atoms with Crippen molar-refractivity contribution in [1.29, 1.82) is 0 Å². The van der Waals surface area contributed by atoms with Gasteiger partial charge in [0.2, 0.25) is 5.91 Å². The number of ether oxygens (including phenoxy) is 4. The largest absolute Gasteiger partial charge is 0.394 e. The molecule has 0 aliphatic carbocycles. The molecule has 0 aromatic rings. The Morgan fingerprint density at radius 3 is 1.34 bits per heavy atom. The van der Waals surface area contributed by atoms with Crippen LogP contribution in [0.3, 0.4) is 0 Å². The molecular formula is C68H119NO13. The first kappa shape index (κ1) is 75.3. The van der Waals surface area contributed by atoms with Gasteiger partial charge in [-0.25, -0.2) is 0 Å². The van der Waals surface area contributed by atoms with Crippen molar-refractivity contribution in [3.8, 4) is 0 Å². The topological polar surface area (TPSA) is 228 Å². The lowest BCUT2D eigenvalue weighted by Gasteiger charge is -2.46. The maximum Gasteiger partial charge on any atom is 0.220 e. The maximum atomic E-state index is 13.3. The summed E-state index contributed by atoms with van der Waals surface area (Å²) in [4.78, 5) is 13.3. The highest BCUT2D eigenvalue weighted by Gasteiger charge is 2.51. The van der Waals surface area contributed by atoms with E-state index in [1.807, 2.05) is 6.08 Å². The molecule has 2 aliphatic heterocycles. The number of hydrogen-bond donors (Lipinski definition) is 9. The number of carbonyl (C=O) groups is 1. The van der Waals surface area contributed by atoms with E-state index in [1.54, 1.807) is 6.08 Å². The highest BCUT2D eigenvalue weighted by molar-refractivity contribution is 5.76. The summed E-state index contributed by atoms with van der Waals surface area (Å²) >= 11 is 0. The van der Waals surface area contributed by atoms with E-state index < -0.39 is 86.8 Å². The molecule has 474 valence electrons. The van der Waals surface area contributed by atoms with Gasteiger partial charge >= 0.3 is 0 Å². The van der Waals surface area contributed by atoms with Crippen molar-refractivity contribution in [3.63, 3.8) is 0 Å². The Labute approximate surface area is 497 Å². The zero-order valence-electron chi connectivity index (χ0n) is 51.2. The Bertz CT molecular complexity index is 1700. The van der Waals surface area contributed by atoms with Crippen molar-refractivity contribution in [2.75, 3.05) is 19.8 Å². The van der Waals surface area contributed by atoms with E-state index in [0.717, 1.165) is 83.5 Å². The third-order valence-corrected chi connectivity index (χ3v) is 15.6. The van der Waals surface area contributed by atoms with Crippen LogP contribution in [0, 0.1) is 0 Å². The van der Waals surface area contributed by atoms with Crippen LogP contribution >= 0.6 is 0 Å². The predicted molar refractivity (Wildman–Crippen MR) is 332 cm³/mol. The summed E-state index contributed by atoms with van der Waals surface area (Å²) in [5, 5.41) is 87.3. The van der Waals surface area contributed by atoms with Gasteiger partial charge in [0.05, 0.1) is 32.0 Å². The Balaban J connectivity index is 1.75. The number of aliphatic hydroxyl groups is 8. The second-order valence-electron chi connectivity index (χ2n) is 22.9. The van der Waals surface area contributed by atoms with Gasteiger partial charge in [0.25, 0.3) is 0 Å². The number of rotatable bonds is 52. The van der Waals surface area contributed by atoms with Crippen LogP contribution in [-0.2, 0) is 23.7 Å². The third kappa shape index (κ3) is 36.9. The number of nitrogens with one attached hydrogen (secondary N) is 1. The highest BCUT2D eigenvalue weighted by atomic mass is 16.7. The fraction of sp³-hybridized carbons (Fsp3) is 0.779. The van der Waals surface area contributed by atoms with Crippen molar-refractivity contribution >= 4 is 5.91 Å². The van der Waals surface area contributed by atoms with Gasteiger partial charge in [-0.1, -0.05) is 247 Å². The van der Waals surface area contributed by atoms with Gasteiger partial charge in [0.15, 0.2) is 12.6 Å². The molecule has 12 atom stereocenters. The van der Waals surface area contributed by atoms with E-state index in [1.165, 1.54) is 128 Å². The molecule has 2 saturated heterocycles. The second-order valence-corrected chi connectivity index (χ2v) is 22.9. The van der Waals surface area contributed by atoms with Gasteiger partial charge in [-0.2, -0.15) is 0 Å². The number of allylic oxidation sites excluding steroid dienone is 13. The van der Waals surface area contributed by atoms with E-state index in [9.17, 15) is 45.6 Å². The lowest BCUT2D eigenvalue weighted by Crippen LogP contribution is -2.65. The number of aliphatic hydroxyl groups excluding tert-OH is 8. The lowest BCUT2D eigenvalue weighted by atomic mass is 9.97. The Hall–Kier alpha value is -2.83. The van der Waals surface area contributed by atoms with E-state index in [2.05, 4.69) is 92.1 Å². The van der Waals surface area contributed by atoms with Crippen LogP contribution < -0.4 is 5.32 Å². The minimum atomic E-state index is -1.80. The van der Waals surface area contributed by atoms with Crippen LogP contribution in [0.1, 0.15) is 245 Å². The summed E-state index contributed by atoms with van der Waals surface area (Å²) in [6.45, 7) is 2.67. The molecular weight excluding hydrogens is 1040 g/mol. The minimum Gasteiger partial charge on any atom is -0.394 e. The molecule has 0 saturated carbocycles. The van der Waals surface area contributed by atoms with Gasteiger partial charge in [0, 0.05) is 6.42 Å². The summed E-state index contributed by atoms with van der Waals surface area (Å²) in [7, 11) is 0. The zero-order valence-corrected chi connectivity index (χ0v) is 51.2. The van der Waals surface area contributed by atoms with Gasteiger partial charge in [-0.05, 0) is 77.0 Å². The van der Waals surface area contributed by atoms with Crippen LogP contribution in [-0.4, -0.2) is 140 Å². The summed E-state index contributed by atoms with van der Waals surface area (Å²) < 4.78 is 22.8. The molecule has 9 N–H and O–H groups in total. The standard InChI is InChI=1S/C68H119NO13/c1-3-5-7-9-11-13-15-17-19-21-23-25-27-28-30-31-33-35-37-39-41-43-45-47-49-51-57(72)56(55-79-67-65(78)63(76)66(59(54-71)81-67)82-68-64(77)62(75)61(74)58(53-70)80-68)69-60(73)52-50-48-46-44-42-40-38-36-34-32-29-26-24-22-20-18-16-14-12-10-8-6-4-2/h6,8,12,14,18,20,24,26,32,34,41,43,49,51,56-59,61-68,70-72,74-78H,3-5,7,9-11,13,15-17,19,21-23,25,27-31,33,35-40,42,44-48,50,52-55H2,1-2H3,(H,69,73)/b8-6-,14-12-,20-18-,26-24-,34-32-,43-41+,51-49+. The zero-order chi connectivity index (χ0) is 59.5. The Morgan fingerprint density at radius 2 is 0.854 bits per heavy atom. The van der Waals surface area contributed by atoms with Crippen molar-refractivity contribution < 1.29 is 64.6 Å². The van der Waals surface area contributed by atoms with Crippen molar-refractivity contribution in [3.05, 3.63) is 85.1 Å². The smallest absolute Gasteiger partial charge is 0.220 e. The van der Waals surface area contributed by atoms with Crippen LogP contribution in [0.2, 0.25) is 0 Å². The average Bonchev–Trinajstić information content (AvgIpc) is 3.53. The third-order valence-electron chi connectivity index (χ3n) is 15.6. The Kier molecular flexibility index (Phi) is 48.2. The van der Waals surface area contributed by atoms with Crippen molar-refractivity contribution in [1.82, 2.24) is 5.32 Å². The molecule has 1 amide bonds. The molecule has 82 heavy (non-hydrogen) atoms. The molecule has 14 nitrogen and oxygen atoms in total. The van der Waals surface area contributed by atoms with E-state index in [0.29, 0.717) is 12.8 Å². The molecule has 2 aliphatic rings. The van der Waals surface area contributed by atoms with Crippen molar-refractivity contribution in [2.45, 2.75) is 319 Å². The average molecular weight is 1160 g/mol. The fourth-order valence-electron chi connectivity index (χ4n) is 10.3. The molecule has 0 bridgehead atoms. The maximum absolute atomic E-state index is 13.3. The lowest BCUT2D eigenvalue weighted by molar-refractivity contribution is -0.359. The fourth-order valence-corrected chi connectivity index (χ4v) is 10.3. The van der Waals surface area contributed by atoms with Gasteiger partial charge in [-0.3, -0.25) is 4.79 Å². The predicted octanol–water partition coefficient (Wildman–Crippen LogP) is 12.4. The number of amides is 1. The summed E-state index contributed by atoms with van der Waals surface area (Å²) in [6, 6.07) is -0.944. The quantitative estimate of drug-likeness (QED) is 0.0204. The molecule has 0 spiro atoms. The van der Waals surface area contributed by atoms with Crippen LogP contribution in [0.15, 0.2) is 85.1 Å². The first-order chi connectivity index (χ1) is 40.1. The molecule has 0 aromatic heterocycles. The van der Waals surface area contributed by atoms with E-state index in [-0.39, 0.29) is 18.9 Å². The number of unbranched alkanes of at least 4 members (excludes halogenated alkanes) is 27. The van der Waals surface area contributed by atoms with Crippen LogP contribution in [0.4, 0.5) is 0 Å². The first-order valence-electron chi connectivity index (χ1n) is 32.8. The molecule has 14 heteroatoms. The molecule has 2 fully saturated rings. The van der Waals surface area contributed by atoms with Crippen LogP contribution in [0.5, 0.6) is 0 Å². The molecule has 0 radical (unpaired) electrons. The first-order valence-corrected chi connectivity index (χ1v) is 32.8. The molecule has 12 unspecified atom stereocenters. The number of hydrogen-bond acceptors (Lipinski definition) is 13. The monoisotopic (exact) mass is 1160 g/mol. The van der Waals surface area contributed by atoms with E-state index in [4.69, 9.17) is 18.9 Å². The second kappa shape index (κ2) is 52.5. The van der Waals surface area contributed by atoms with Gasteiger partial charge in [0.1, 0.15) is 48.8 Å². The van der Waals surface area contributed by atoms with Gasteiger partial charge in [-0.15, -0.1) is 0 Å². The summed E-state index contributed by atoms with van der Waals surface area (Å²) in [5.74, 6) is -0.262. The molecule has 2 rings (SSSR count). The highest BCUT2D eigenvalue weighted by Crippen LogP contribution is 2.30. The van der Waals surface area contributed by atoms with Crippen LogP contribution in [0.25, 0.3) is 0 Å². The summed E-state index contributed by atoms with van der Waals surface area (Å²) in [6.07, 6.45) is 54.8. The Morgan fingerprint density at radius 1 is 0.451 bits per heavy atom. The van der Waals surface area contributed by atoms with Gasteiger partial charge < -0.3 is 65.1 Å². The molecule has 0 aromatic carbocycles. The SMILES string of the molecule is CC/C=C\C/C=C\C/C=C\C/C=C\C/C=C\CCCCCCCCCC(=O)NC(COC1OC(CO)C(OC2OC(CO)C(O)C(O)C2O)C(O)C1O)C(O)/C=C/CC/C=C/CCCCCCCCCCCCCCCCCCCCC. The van der Waals surface area contributed by atoms with E-state index >= 15 is 0 Å². The normalized spacial score (nSPS) is 24.5. The van der Waals surface area contributed by atoms with Crippen molar-refractivity contribution in [2.24, 2.45) is 0 Å². The molecule has 2 heterocycles. The summed E-state index contributed by atoms with van der Waals surface area (Å²) in [5.41, 5.74) is 0. The number of carbonyl (C=O) groups excluding carboxylic acids is 1.